The van der Waals surface area contributed by atoms with Gasteiger partial charge < -0.3 is 9.13 Å². The molecule has 14 rings (SSSR count). The lowest BCUT2D eigenvalue weighted by atomic mass is 9.95. The number of hydrogen-bond donors (Lipinski definition) is 0. The van der Waals surface area contributed by atoms with Crippen molar-refractivity contribution >= 4 is 60.2 Å². The first kappa shape index (κ1) is 33.7. The molecule has 1 aliphatic carbocycles. The summed E-state index contributed by atoms with van der Waals surface area (Å²) in [6.07, 6.45) is 6.14. The summed E-state index contributed by atoms with van der Waals surface area (Å²) in [5.74, 6) is 0. The lowest BCUT2D eigenvalue weighted by molar-refractivity contribution is -0.557. The van der Waals surface area contributed by atoms with Crippen molar-refractivity contribution in [1.29, 1.82) is 0 Å². The van der Waals surface area contributed by atoms with Crippen LogP contribution in [0.25, 0.3) is 93.8 Å². The van der Waals surface area contributed by atoms with Gasteiger partial charge in [0.15, 0.2) is 12.4 Å². The molecule has 0 N–H and O–H groups in total. The molecular weight excluding hydrogens is 753 g/mol. The number of pyridine rings is 2. The van der Waals surface area contributed by atoms with Crippen LogP contribution in [0.4, 0.5) is 0 Å². The first-order valence-corrected chi connectivity index (χ1v) is 21.5. The number of hydrogen-bond acceptors (Lipinski definition) is 0. The zero-order valence-corrected chi connectivity index (χ0v) is 33.9. The van der Waals surface area contributed by atoms with E-state index in [1.807, 2.05) is 0 Å². The predicted octanol–water partition coefficient (Wildman–Crippen LogP) is 12.6. The second-order valence-corrected chi connectivity index (χ2v) is 17.0. The molecule has 4 aromatic heterocycles. The van der Waals surface area contributed by atoms with Crippen LogP contribution in [0, 0.1) is 0 Å². The van der Waals surface area contributed by atoms with Crippen LogP contribution in [0.15, 0.2) is 201 Å². The van der Waals surface area contributed by atoms with Crippen molar-refractivity contribution in [2.45, 2.75) is 12.8 Å². The zero-order valence-electron chi connectivity index (χ0n) is 33.9. The summed E-state index contributed by atoms with van der Waals surface area (Å²) >= 11 is 0. The SMILES string of the molecule is C=C1c2ccc(-c3cccc(-n4c5cccc6c5Cc(c5[n+]7ccccc7c7cccc4c7C5)[n+]4ccccc64)c3)cc2-c2cc3c4ccccc4n(-c4ccccc4)c3cc21. The number of para-hydroxylation sites is 2. The first-order valence-electron chi connectivity index (χ1n) is 21.5. The van der Waals surface area contributed by atoms with Crippen molar-refractivity contribution in [1.82, 2.24) is 9.13 Å². The second-order valence-electron chi connectivity index (χ2n) is 17.0. The highest BCUT2D eigenvalue weighted by atomic mass is 15.0. The van der Waals surface area contributed by atoms with Gasteiger partial charge in [-0.3, -0.25) is 0 Å². The maximum absolute atomic E-state index is 4.68. The molecule has 0 radical (unpaired) electrons. The van der Waals surface area contributed by atoms with Gasteiger partial charge in [-0.15, -0.1) is 0 Å². The van der Waals surface area contributed by atoms with E-state index in [0.717, 1.165) is 29.8 Å². The molecule has 0 saturated carbocycles. The summed E-state index contributed by atoms with van der Waals surface area (Å²) in [4.78, 5) is 0. The van der Waals surface area contributed by atoms with Gasteiger partial charge in [0.2, 0.25) is 11.0 Å². The molecule has 6 heterocycles. The Balaban J connectivity index is 1.00. The van der Waals surface area contributed by atoms with E-state index < -0.39 is 0 Å². The Morgan fingerprint density at radius 3 is 1.66 bits per heavy atom. The average molecular weight is 791 g/mol. The summed E-state index contributed by atoms with van der Waals surface area (Å²) in [5.41, 5.74) is 23.3. The molecular formula is C58H38N4+2. The largest absolute Gasteiger partial charge is 0.310 e. The second kappa shape index (κ2) is 12.5. The Morgan fingerprint density at radius 1 is 0.371 bits per heavy atom. The fourth-order valence-corrected chi connectivity index (χ4v) is 11.1. The average Bonchev–Trinajstić information content (AvgIpc) is 3.82. The number of benzene rings is 7. The van der Waals surface area contributed by atoms with Gasteiger partial charge in [-0.05, 0) is 124 Å². The van der Waals surface area contributed by atoms with Gasteiger partial charge in [0.1, 0.15) is 0 Å². The van der Waals surface area contributed by atoms with Crippen LogP contribution in [0.1, 0.15) is 33.6 Å². The summed E-state index contributed by atoms with van der Waals surface area (Å²) < 4.78 is 9.80. The lowest BCUT2D eigenvalue weighted by Crippen LogP contribution is -2.38. The maximum Gasteiger partial charge on any atom is 0.259 e. The Morgan fingerprint density at radius 2 is 0.935 bits per heavy atom. The molecule has 0 atom stereocenters. The quantitative estimate of drug-likeness (QED) is 0.159. The number of nitrogens with zero attached hydrogens (tertiary/aromatic N) is 4. The molecule has 2 aliphatic heterocycles. The summed E-state index contributed by atoms with van der Waals surface area (Å²) in [7, 11) is 0. The van der Waals surface area contributed by atoms with E-state index in [2.05, 4.69) is 219 Å². The summed E-state index contributed by atoms with van der Waals surface area (Å²) in [6.45, 7) is 4.68. The minimum Gasteiger partial charge on any atom is -0.310 e. The highest BCUT2D eigenvalue weighted by molar-refractivity contribution is 6.14. The Hall–Kier alpha value is -8.08. The van der Waals surface area contributed by atoms with E-state index in [9.17, 15) is 0 Å². The van der Waals surface area contributed by atoms with Gasteiger partial charge in [0, 0.05) is 57.5 Å². The number of rotatable bonds is 3. The number of fused-ring (bicyclic) bond motifs is 7. The molecule has 0 amide bonds. The molecule has 4 heteroatoms. The third-order valence-corrected chi connectivity index (χ3v) is 13.9. The molecule has 7 aromatic carbocycles. The number of aromatic nitrogens is 4. The van der Waals surface area contributed by atoms with E-state index in [1.54, 1.807) is 0 Å². The predicted molar refractivity (Wildman–Crippen MR) is 253 cm³/mol. The normalized spacial score (nSPS) is 13.1. The molecule has 0 unspecified atom stereocenters. The van der Waals surface area contributed by atoms with Gasteiger partial charge in [-0.1, -0.05) is 79.4 Å². The standard InChI is InChI=1S/C58H38N4/c1-36-41-27-26-38(31-46(41)47-32-48-44-18-5-6-23-53(44)61(56(48)33-45(36)47)39-15-3-2-4-16-39)37-14-11-17-40(30-37)62-54-24-12-19-42-49(54)34-57(59-28-9-7-21-51(42)59)58-35-50-43(20-13-25-55(50)62)52-22-8-10-29-60(52)58/h2-33H,1,34-35H2/q+2. The van der Waals surface area contributed by atoms with Gasteiger partial charge in [-0.25, -0.2) is 0 Å². The van der Waals surface area contributed by atoms with Crippen molar-refractivity contribution in [3.05, 3.63) is 235 Å². The Kier molecular flexibility index (Phi) is 6.79. The molecule has 3 aliphatic rings. The van der Waals surface area contributed by atoms with Gasteiger partial charge >= 0.3 is 0 Å². The fraction of sp³-hybridized carbons (Fsp3) is 0.0345. The minimum atomic E-state index is 0.828. The van der Waals surface area contributed by atoms with E-state index in [4.69, 9.17) is 0 Å². The molecule has 4 nitrogen and oxygen atoms in total. The van der Waals surface area contributed by atoms with Crippen molar-refractivity contribution in [3.8, 4) is 33.6 Å². The first-order chi connectivity index (χ1) is 30.7. The van der Waals surface area contributed by atoms with Crippen LogP contribution in [-0.4, -0.2) is 9.13 Å². The Bertz CT molecular complexity index is 3820. The van der Waals surface area contributed by atoms with Crippen molar-refractivity contribution in [3.63, 3.8) is 0 Å². The van der Waals surface area contributed by atoms with Crippen LogP contribution in [0.2, 0.25) is 0 Å². The lowest BCUT2D eigenvalue weighted by Gasteiger charge is -2.18. The third-order valence-electron chi connectivity index (χ3n) is 13.9. The highest BCUT2D eigenvalue weighted by Crippen LogP contribution is 2.48. The molecule has 62 heavy (non-hydrogen) atoms. The van der Waals surface area contributed by atoms with Crippen LogP contribution in [-0.2, 0) is 12.8 Å². The Labute approximate surface area is 357 Å². The molecule has 0 saturated heterocycles. The maximum atomic E-state index is 4.68. The fourth-order valence-electron chi connectivity index (χ4n) is 11.1. The van der Waals surface area contributed by atoms with Gasteiger partial charge in [0.05, 0.1) is 45.7 Å². The molecule has 0 spiro atoms. The van der Waals surface area contributed by atoms with Crippen LogP contribution < -0.4 is 8.80 Å². The molecule has 0 fully saturated rings. The monoisotopic (exact) mass is 790 g/mol. The topological polar surface area (TPSA) is 18.1 Å². The van der Waals surface area contributed by atoms with E-state index in [1.165, 1.54) is 111 Å². The smallest absolute Gasteiger partial charge is 0.259 e. The highest BCUT2D eigenvalue weighted by Gasteiger charge is 2.34. The summed E-state index contributed by atoms with van der Waals surface area (Å²) in [5, 5.41) is 5.07. The van der Waals surface area contributed by atoms with Crippen molar-refractivity contribution < 1.29 is 8.80 Å². The van der Waals surface area contributed by atoms with E-state index >= 15 is 0 Å². The molecule has 288 valence electrons. The zero-order chi connectivity index (χ0) is 40.6. The van der Waals surface area contributed by atoms with E-state index in [-0.39, 0.29) is 0 Å². The van der Waals surface area contributed by atoms with Gasteiger partial charge in [-0.2, -0.15) is 8.80 Å². The minimum absolute atomic E-state index is 0.828. The van der Waals surface area contributed by atoms with Crippen molar-refractivity contribution in [2.75, 3.05) is 0 Å². The third kappa shape index (κ3) is 4.55. The van der Waals surface area contributed by atoms with Gasteiger partial charge in [0.25, 0.3) is 11.4 Å². The molecule has 11 aromatic rings. The van der Waals surface area contributed by atoms with Crippen LogP contribution >= 0.6 is 0 Å². The summed E-state index contributed by atoms with van der Waals surface area (Å²) in [6, 6.07) is 67.3. The van der Waals surface area contributed by atoms with Crippen molar-refractivity contribution in [2.24, 2.45) is 0 Å². The van der Waals surface area contributed by atoms with E-state index in [0.29, 0.717) is 0 Å². The van der Waals surface area contributed by atoms with Crippen LogP contribution in [0.3, 0.4) is 0 Å². The van der Waals surface area contributed by atoms with Crippen LogP contribution in [0.5, 0.6) is 0 Å². The molecule has 8 bridgehead atoms.